The zero-order valence-electron chi connectivity index (χ0n) is 14.3. The number of rotatable bonds is 2. The summed E-state index contributed by atoms with van der Waals surface area (Å²) in [4.78, 5) is 4.31. The summed E-state index contributed by atoms with van der Waals surface area (Å²) in [5, 5.41) is 10.5. The molecule has 2 atom stereocenters. The summed E-state index contributed by atoms with van der Waals surface area (Å²) in [5.41, 5.74) is 1.58. The number of anilines is 1. The van der Waals surface area contributed by atoms with E-state index >= 15 is 0 Å². The van der Waals surface area contributed by atoms with E-state index in [1.165, 1.54) is 23.2 Å². The molecule has 0 spiro atoms. The minimum atomic E-state index is -0.326. The van der Waals surface area contributed by atoms with Gasteiger partial charge in [0.05, 0.1) is 12.1 Å². The Hall–Kier alpha value is -2.92. The Kier molecular flexibility index (Phi) is 3.83. The van der Waals surface area contributed by atoms with E-state index in [0.29, 0.717) is 23.0 Å². The molecule has 1 aromatic heterocycles. The predicted octanol–water partition coefficient (Wildman–Crippen LogP) is 5.37. The minimum Gasteiger partial charge on any atom is -0.348 e. The van der Waals surface area contributed by atoms with Crippen LogP contribution < -0.4 is 5.32 Å². The summed E-state index contributed by atoms with van der Waals surface area (Å²) < 4.78 is 16.3. The van der Waals surface area contributed by atoms with Crippen LogP contribution in [0.2, 0.25) is 5.02 Å². The van der Waals surface area contributed by atoms with Gasteiger partial charge in [-0.15, -0.1) is 0 Å². The standard InChI is InChI=1S/C21H16ClFN4/c22-16-6-3-7-17(23)20(16)19-11-18(26-21-24-12-25-27(19)21)15-9-8-13-4-1-2-5-14(13)10-15/h1-10,12,18-19H,11H2,(H,24,25,26)/t18-,19+/m0/s1. The van der Waals surface area contributed by atoms with E-state index in [1.54, 1.807) is 16.8 Å². The Morgan fingerprint density at radius 2 is 1.89 bits per heavy atom. The van der Waals surface area contributed by atoms with Crippen molar-refractivity contribution in [3.8, 4) is 0 Å². The summed E-state index contributed by atoms with van der Waals surface area (Å²) in [7, 11) is 0. The van der Waals surface area contributed by atoms with Crippen molar-refractivity contribution in [2.45, 2.75) is 18.5 Å². The average molecular weight is 379 g/mol. The maximum absolute atomic E-state index is 14.6. The molecular weight excluding hydrogens is 363 g/mol. The normalized spacial score (nSPS) is 18.9. The second-order valence-corrected chi connectivity index (χ2v) is 7.13. The van der Waals surface area contributed by atoms with Gasteiger partial charge in [0.25, 0.3) is 0 Å². The Morgan fingerprint density at radius 1 is 1.04 bits per heavy atom. The lowest BCUT2D eigenvalue weighted by molar-refractivity contribution is 0.416. The van der Waals surface area contributed by atoms with Crippen LogP contribution in [0.5, 0.6) is 0 Å². The van der Waals surface area contributed by atoms with E-state index in [4.69, 9.17) is 11.6 Å². The molecule has 0 radical (unpaired) electrons. The molecule has 2 heterocycles. The molecule has 0 fully saturated rings. The number of halogens is 2. The molecule has 0 bridgehead atoms. The molecule has 1 N–H and O–H groups in total. The fraction of sp³-hybridized carbons (Fsp3) is 0.143. The highest BCUT2D eigenvalue weighted by atomic mass is 35.5. The molecule has 4 nitrogen and oxygen atoms in total. The van der Waals surface area contributed by atoms with Crippen LogP contribution in [-0.4, -0.2) is 14.8 Å². The Balaban J connectivity index is 1.60. The maximum atomic E-state index is 14.6. The first-order valence-corrected chi connectivity index (χ1v) is 9.17. The molecule has 4 aromatic rings. The number of hydrogen-bond donors (Lipinski definition) is 1. The highest BCUT2D eigenvalue weighted by Crippen LogP contribution is 2.40. The summed E-state index contributed by atoms with van der Waals surface area (Å²) in [6.45, 7) is 0. The van der Waals surface area contributed by atoms with Crippen molar-refractivity contribution < 1.29 is 4.39 Å². The lowest BCUT2D eigenvalue weighted by Crippen LogP contribution is -2.28. The maximum Gasteiger partial charge on any atom is 0.222 e. The third kappa shape index (κ3) is 2.75. The van der Waals surface area contributed by atoms with Gasteiger partial charge < -0.3 is 5.32 Å². The van der Waals surface area contributed by atoms with Gasteiger partial charge in [0, 0.05) is 10.6 Å². The molecule has 5 rings (SSSR count). The number of nitrogens with zero attached hydrogens (tertiary/aromatic N) is 3. The van der Waals surface area contributed by atoms with Crippen LogP contribution in [0.1, 0.15) is 29.6 Å². The second kappa shape index (κ2) is 6.35. The number of nitrogens with one attached hydrogen (secondary N) is 1. The summed E-state index contributed by atoms with van der Waals surface area (Å²) in [6, 6.07) is 19.0. The van der Waals surface area contributed by atoms with Gasteiger partial charge in [-0.05, 0) is 41.0 Å². The van der Waals surface area contributed by atoms with E-state index in [9.17, 15) is 4.39 Å². The van der Waals surface area contributed by atoms with Crippen LogP contribution in [0.25, 0.3) is 10.8 Å². The smallest absolute Gasteiger partial charge is 0.222 e. The molecule has 3 aromatic carbocycles. The molecule has 0 saturated carbocycles. The molecule has 0 unspecified atom stereocenters. The third-order valence-corrected chi connectivity index (χ3v) is 5.47. The minimum absolute atomic E-state index is 0.0213. The monoisotopic (exact) mass is 378 g/mol. The lowest BCUT2D eigenvalue weighted by Gasteiger charge is -2.32. The van der Waals surface area contributed by atoms with Crippen LogP contribution in [0.4, 0.5) is 10.3 Å². The van der Waals surface area contributed by atoms with Gasteiger partial charge in [-0.25, -0.2) is 9.07 Å². The highest BCUT2D eigenvalue weighted by Gasteiger charge is 2.32. The van der Waals surface area contributed by atoms with Gasteiger partial charge in [-0.1, -0.05) is 54.1 Å². The molecule has 134 valence electrons. The number of fused-ring (bicyclic) bond motifs is 2. The average Bonchev–Trinajstić information content (AvgIpc) is 3.16. The zero-order valence-corrected chi connectivity index (χ0v) is 15.1. The van der Waals surface area contributed by atoms with Crippen LogP contribution in [0.3, 0.4) is 0 Å². The first kappa shape index (κ1) is 16.3. The van der Waals surface area contributed by atoms with Crippen LogP contribution in [-0.2, 0) is 0 Å². The zero-order chi connectivity index (χ0) is 18.4. The molecular formula is C21H16ClFN4. The van der Waals surface area contributed by atoms with Crippen molar-refractivity contribution in [1.82, 2.24) is 14.8 Å². The van der Waals surface area contributed by atoms with Crippen LogP contribution in [0, 0.1) is 5.82 Å². The van der Waals surface area contributed by atoms with Crippen molar-refractivity contribution >= 4 is 28.3 Å². The van der Waals surface area contributed by atoms with Crippen molar-refractivity contribution in [3.05, 3.63) is 89.0 Å². The van der Waals surface area contributed by atoms with Crippen molar-refractivity contribution in [2.24, 2.45) is 0 Å². The van der Waals surface area contributed by atoms with E-state index in [0.717, 1.165) is 5.56 Å². The lowest BCUT2D eigenvalue weighted by atomic mass is 9.92. The van der Waals surface area contributed by atoms with Crippen LogP contribution >= 0.6 is 11.6 Å². The first-order chi connectivity index (χ1) is 13.2. The summed E-state index contributed by atoms with van der Waals surface area (Å²) in [6.07, 6.45) is 2.10. The Morgan fingerprint density at radius 3 is 2.74 bits per heavy atom. The summed E-state index contributed by atoms with van der Waals surface area (Å²) >= 11 is 6.35. The molecule has 0 aliphatic carbocycles. The van der Waals surface area contributed by atoms with Crippen molar-refractivity contribution in [1.29, 1.82) is 0 Å². The summed E-state index contributed by atoms with van der Waals surface area (Å²) in [5.74, 6) is 0.289. The second-order valence-electron chi connectivity index (χ2n) is 6.72. The highest BCUT2D eigenvalue weighted by molar-refractivity contribution is 6.31. The van der Waals surface area contributed by atoms with E-state index in [1.807, 2.05) is 12.1 Å². The van der Waals surface area contributed by atoms with E-state index in [2.05, 4.69) is 45.7 Å². The largest absolute Gasteiger partial charge is 0.348 e. The van der Waals surface area contributed by atoms with Gasteiger partial charge in [-0.2, -0.15) is 10.1 Å². The first-order valence-electron chi connectivity index (χ1n) is 8.79. The van der Waals surface area contributed by atoms with E-state index < -0.39 is 0 Å². The number of aromatic nitrogens is 3. The van der Waals surface area contributed by atoms with Gasteiger partial charge >= 0.3 is 0 Å². The predicted molar refractivity (Wildman–Crippen MR) is 104 cm³/mol. The molecule has 1 aliphatic heterocycles. The van der Waals surface area contributed by atoms with Gasteiger partial charge in [0.15, 0.2) is 0 Å². The third-order valence-electron chi connectivity index (χ3n) is 5.14. The quantitative estimate of drug-likeness (QED) is 0.510. The Bertz CT molecular complexity index is 1120. The molecule has 6 heteroatoms. The van der Waals surface area contributed by atoms with Gasteiger partial charge in [0.2, 0.25) is 5.95 Å². The topological polar surface area (TPSA) is 42.7 Å². The molecule has 0 amide bonds. The number of benzene rings is 3. The molecule has 0 saturated heterocycles. The SMILES string of the molecule is Fc1cccc(Cl)c1[C@H]1C[C@@H](c2ccc3ccccc3c2)Nc2ncnn21. The van der Waals surface area contributed by atoms with E-state index in [-0.39, 0.29) is 17.9 Å². The van der Waals surface area contributed by atoms with Crippen LogP contribution in [0.15, 0.2) is 67.0 Å². The Labute approximate surface area is 160 Å². The fourth-order valence-electron chi connectivity index (χ4n) is 3.83. The fourth-order valence-corrected chi connectivity index (χ4v) is 4.12. The number of hydrogen-bond acceptors (Lipinski definition) is 3. The molecule has 1 aliphatic rings. The van der Waals surface area contributed by atoms with Crippen molar-refractivity contribution in [2.75, 3.05) is 5.32 Å². The molecule has 27 heavy (non-hydrogen) atoms. The van der Waals surface area contributed by atoms with Gasteiger partial charge in [0.1, 0.15) is 12.1 Å². The van der Waals surface area contributed by atoms with Crippen molar-refractivity contribution in [3.63, 3.8) is 0 Å². The van der Waals surface area contributed by atoms with Gasteiger partial charge in [-0.3, -0.25) is 0 Å².